The Bertz CT molecular complexity index is 691. The predicted molar refractivity (Wildman–Crippen MR) is 76.2 cm³/mol. The van der Waals surface area contributed by atoms with Gasteiger partial charge < -0.3 is 4.74 Å². The number of ether oxygens (including phenoxy) is 1. The standard InChI is InChI=1S/C11H9ClN4O4S/c12-7-2-1-3-8(16(18)19)9(7)20-4-6-5-21-11(14-6)10(17)15-13/h1-3,5H,4,13H2,(H,15,17). The molecule has 1 heterocycles. The number of hydrogen-bond donors (Lipinski definition) is 2. The first-order valence-electron chi connectivity index (χ1n) is 5.54. The van der Waals surface area contributed by atoms with Gasteiger partial charge in [0.2, 0.25) is 5.75 Å². The smallest absolute Gasteiger partial charge is 0.312 e. The number of halogens is 1. The van der Waals surface area contributed by atoms with Gasteiger partial charge in [-0.1, -0.05) is 17.7 Å². The molecule has 1 aromatic heterocycles. The van der Waals surface area contributed by atoms with Crippen LogP contribution in [0.25, 0.3) is 0 Å². The van der Waals surface area contributed by atoms with E-state index in [1.165, 1.54) is 18.2 Å². The topological polar surface area (TPSA) is 120 Å². The SMILES string of the molecule is NNC(=O)c1nc(COc2c(Cl)cccc2[N+](=O)[O-])cs1. The molecule has 0 aliphatic carbocycles. The summed E-state index contributed by atoms with van der Waals surface area (Å²) in [4.78, 5) is 25.6. The zero-order chi connectivity index (χ0) is 15.4. The second kappa shape index (κ2) is 6.48. The van der Waals surface area contributed by atoms with E-state index in [2.05, 4.69) is 4.98 Å². The Kier molecular flexibility index (Phi) is 4.68. The number of hydrogen-bond acceptors (Lipinski definition) is 7. The van der Waals surface area contributed by atoms with Gasteiger partial charge in [-0.25, -0.2) is 10.8 Å². The number of thiazole rings is 1. The number of nitrogens with one attached hydrogen (secondary N) is 1. The maximum Gasteiger partial charge on any atom is 0.312 e. The molecule has 0 aliphatic rings. The van der Waals surface area contributed by atoms with Crippen LogP contribution < -0.4 is 16.0 Å². The Labute approximate surface area is 127 Å². The summed E-state index contributed by atoms with van der Waals surface area (Å²) >= 11 is 6.97. The van der Waals surface area contributed by atoms with Crippen molar-refractivity contribution in [1.29, 1.82) is 0 Å². The summed E-state index contributed by atoms with van der Waals surface area (Å²) in [6.07, 6.45) is 0. The van der Waals surface area contributed by atoms with Crippen LogP contribution in [0.3, 0.4) is 0 Å². The van der Waals surface area contributed by atoms with Crippen molar-refractivity contribution in [3.05, 3.63) is 49.4 Å². The number of carbonyl (C=O) groups excluding carboxylic acids is 1. The molecule has 3 N–H and O–H groups in total. The maximum absolute atomic E-state index is 11.3. The fourth-order valence-electron chi connectivity index (χ4n) is 1.47. The molecule has 0 bridgehead atoms. The molecule has 1 aromatic carbocycles. The van der Waals surface area contributed by atoms with Crippen molar-refractivity contribution in [1.82, 2.24) is 10.4 Å². The van der Waals surface area contributed by atoms with E-state index in [4.69, 9.17) is 22.2 Å². The number of nitrogen functional groups attached to an aromatic ring is 1. The third-order valence-electron chi connectivity index (χ3n) is 2.38. The monoisotopic (exact) mass is 328 g/mol. The lowest BCUT2D eigenvalue weighted by molar-refractivity contribution is -0.385. The largest absolute Gasteiger partial charge is 0.479 e. The second-order valence-electron chi connectivity index (χ2n) is 3.75. The fraction of sp³-hybridized carbons (Fsp3) is 0.0909. The van der Waals surface area contributed by atoms with Gasteiger partial charge in [-0.15, -0.1) is 11.3 Å². The highest BCUT2D eigenvalue weighted by atomic mass is 35.5. The molecule has 2 aromatic rings. The van der Waals surface area contributed by atoms with Crippen molar-refractivity contribution in [2.45, 2.75) is 6.61 Å². The predicted octanol–water partition coefficient (Wildman–Crippen LogP) is 1.89. The first-order chi connectivity index (χ1) is 10.0. The third-order valence-corrected chi connectivity index (χ3v) is 3.57. The molecule has 21 heavy (non-hydrogen) atoms. The highest BCUT2D eigenvalue weighted by Crippen LogP contribution is 2.34. The van der Waals surface area contributed by atoms with Crippen LogP contribution in [0.4, 0.5) is 5.69 Å². The summed E-state index contributed by atoms with van der Waals surface area (Å²) in [6.45, 7) is -0.0566. The fourth-order valence-corrected chi connectivity index (χ4v) is 2.40. The average molecular weight is 329 g/mol. The normalized spacial score (nSPS) is 10.2. The Balaban J connectivity index is 2.15. The van der Waals surface area contributed by atoms with E-state index < -0.39 is 10.8 Å². The van der Waals surface area contributed by atoms with Crippen LogP contribution in [0.2, 0.25) is 5.02 Å². The van der Waals surface area contributed by atoms with E-state index in [1.807, 2.05) is 5.43 Å². The summed E-state index contributed by atoms with van der Waals surface area (Å²) in [7, 11) is 0. The van der Waals surface area contributed by atoms with Gasteiger partial charge in [-0.2, -0.15) is 0 Å². The summed E-state index contributed by atoms with van der Waals surface area (Å²) in [5.41, 5.74) is 2.16. The average Bonchev–Trinajstić information content (AvgIpc) is 2.93. The molecule has 2 rings (SSSR count). The number of para-hydroxylation sites is 1. The lowest BCUT2D eigenvalue weighted by Crippen LogP contribution is -2.29. The van der Waals surface area contributed by atoms with Crippen LogP contribution in [-0.2, 0) is 6.61 Å². The number of hydrazine groups is 1. The van der Waals surface area contributed by atoms with E-state index in [0.717, 1.165) is 11.3 Å². The number of nitrogens with two attached hydrogens (primary N) is 1. The van der Waals surface area contributed by atoms with Crippen molar-refractivity contribution in [3.63, 3.8) is 0 Å². The van der Waals surface area contributed by atoms with Crippen LogP contribution in [0, 0.1) is 10.1 Å². The van der Waals surface area contributed by atoms with Gasteiger partial charge in [0.1, 0.15) is 6.61 Å². The van der Waals surface area contributed by atoms with Gasteiger partial charge in [0.15, 0.2) is 5.01 Å². The number of benzene rings is 1. The van der Waals surface area contributed by atoms with E-state index in [0.29, 0.717) is 5.69 Å². The second-order valence-corrected chi connectivity index (χ2v) is 5.02. The summed E-state index contributed by atoms with van der Waals surface area (Å²) < 4.78 is 5.35. The number of aromatic nitrogens is 1. The maximum atomic E-state index is 11.3. The van der Waals surface area contributed by atoms with Gasteiger partial charge in [-0.05, 0) is 6.07 Å². The molecule has 1 amide bonds. The molecule has 0 fully saturated rings. The molecule has 0 saturated heterocycles. The quantitative estimate of drug-likeness (QED) is 0.374. The summed E-state index contributed by atoms with van der Waals surface area (Å²) in [5, 5.41) is 12.8. The molecule has 8 nitrogen and oxygen atoms in total. The van der Waals surface area contributed by atoms with Crippen molar-refractivity contribution < 1.29 is 14.5 Å². The number of rotatable bonds is 5. The van der Waals surface area contributed by atoms with Crippen LogP contribution in [0.5, 0.6) is 5.75 Å². The minimum atomic E-state index is -0.588. The number of amides is 1. The van der Waals surface area contributed by atoms with Crippen LogP contribution >= 0.6 is 22.9 Å². The first-order valence-corrected chi connectivity index (χ1v) is 6.79. The van der Waals surface area contributed by atoms with E-state index in [9.17, 15) is 14.9 Å². The minimum Gasteiger partial charge on any atom is -0.479 e. The highest BCUT2D eigenvalue weighted by molar-refractivity contribution is 7.11. The Hall–Kier alpha value is -2.23. The molecular weight excluding hydrogens is 320 g/mol. The van der Waals surface area contributed by atoms with E-state index >= 15 is 0 Å². The number of carbonyl (C=O) groups is 1. The van der Waals surface area contributed by atoms with Crippen LogP contribution in [-0.4, -0.2) is 15.8 Å². The van der Waals surface area contributed by atoms with Gasteiger partial charge in [0.05, 0.1) is 15.6 Å². The molecule has 0 radical (unpaired) electrons. The van der Waals surface area contributed by atoms with Gasteiger partial charge in [0, 0.05) is 11.4 Å². The van der Waals surface area contributed by atoms with Crippen LogP contribution in [0.1, 0.15) is 15.5 Å². The van der Waals surface area contributed by atoms with E-state index in [1.54, 1.807) is 5.38 Å². The van der Waals surface area contributed by atoms with E-state index in [-0.39, 0.29) is 28.1 Å². The number of nitro groups is 1. The zero-order valence-corrected chi connectivity index (χ0v) is 12.0. The lowest BCUT2D eigenvalue weighted by atomic mass is 10.3. The Morgan fingerprint density at radius 3 is 3.00 bits per heavy atom. The van der Waals surface area contributed by atoms with Crippen molar-refractivity contribution in [2.24, 2.45) is 5.84 Å². The molecule has 0 spiro atoms. The molecule has 0 saturated carbocycles. The Morgan fingerprint density at radius 2 is 2.33 bits per heavy atom. The van der Waals surface area contributed by atoms with Crippen molar-refractivity contribution in [3.8, 4) is 5.75 Å². The summed E-state index contributed by atoms with van der Waals surface area (Å²) in [6, 6.07) is 4.23. The van der Waals surface area contributed by atoms with Gasteiger partial charge in [-0.3, -0.25) is 20.3 Å². The molecule has 0 unspecified atom stereocenters. The third kappa shape index (κ3) is 3.45. The lowest BCUT2D eigenvalue weighted by Gasteiger charge is -2.06. The molecule has 10 heteroatoms. The molecule has 0 aliphatic heterocycles. The van der Waals surface area contributed by atoms with Crippen molar-refractivity contribution in [2.75, 3.05) is 0 Å². The highest BCUT2D eigenvalue weighted by Gasteiger charge is 2.19. The van der Waals surface area contributed by atoms with Crippen LogP contribution in [0.15, 0.2) is 23.6 Å². The number of nitrogens with zero attached hydrogens (tertiary/aromatic N) is 2. The minimum absolute atomic E-state index is 0.0398. The molecule has 110 valence electrons. The zero-order valence-electron chi connectivity index (χ0n) is 10.4. The molecule has 0 atom stereocenters. The summed E-state index contributed by atoms with van der Waals surface area (Å²) in [5.74, 6) is 4.44. The Morgan fingerprint density at radius 1 is 1.57 bits per heavy atom. The molecular formula is C11H9ClN4O4S. The van der Waals surface area contributed by atoms with Crippen molar-refractivity contribution >= 4 is 34.5 Å². The first kappa shape index (κ1) is 15.2. The van der Waals surface area contributed by atoms with Gasteiger partial charge in [0.25, 0.3) is 5.91 Å². The van der Waals surface area contributed by atoms with Gasteiger partial charge >= 0.3 is 5.69 Å². The number of nitro benzene ring substituents is 1.